The zero-order valence-electron chi connectivity index (χ0n) is 8.84. The van der Waals surface area contributed by atoms with E-state index in [-0.39, 0.29) is 5.37 Å². The van der Waals surface area contributed by atoms with Crippen molar-refractivity contribution in [3.8, 4) is 0 Å². The fourth-order valence-electron chi connectivity index (χ4n) is 1.74. The summed E-state index contributed by atoms with van der Waals surface area (Å²) in [7, 11) is 1.90. The summed E-state index contributed by atoms with van der Waals surface area (Å²) in [5.41, 5.74) is 2.06. The number of thioether (sulfide) groups is 1. The molecule has 17 heavy (non-hydrogen) atoms. The Kier molecular flexibility index (Phi) is 2.80. The molecule has 1 unspecified atom stereocenters. The fourth-order valence-corrected chi connectivity index (χ4v) is 3.89. The summed E-state index contributed by atoms with van der Waals surface area (Å²) in [4.78, 5) is 5.27. The van der Waals surface area contributed by atoms with E-state index in [1.54, 1.807) is 27.1 Å². The number of aromatic nitrogens is 3. The molecule has 0 saturated heterocycles. The van der Waals surface area contributed by atoms with E-state index < -0.39 is 0 Å². The van der Waals surface area contributed by atoms with Gasteiger partial charge in [-0.3, -0.25) is 9.10 Å². The molecule has 0 aliphatic carbocycles. The van der Waals surface area contributed by atoms with Gasteiger partial charge in [0.05, 0.1) is 16.8 Å². The molecule has 0 spiro atoms. The Hall–Kier alpha value is -0.720. The van der Waals surface area contributed by atoms with Gasteiger partial charge in [-0.1, -0.05) is 11.8 Å². The van der Waals surface area contributed by atoms with Crippen LogP contribution in [0.25, 0.3) is 0 Å². The van der Waals surface area contributed by atoms with E-state index in [0.717, 1.165) is 20.7 Å². The lowest BCUT2D eigenvalue weighted by Gasteiger charge is -2.16. The van der Waals surface area contributed by atoms with Gasteiger partial charge >= 0.3 is 0 Å². The second kappa shape index (κ2) is 4.19. The molecule has 0 fully saturated rings. The third-order valence-corrected chi connectivity index (χ3v) is 5.22. The fraction of sp³-hybridized carbons (Fsp3) is 0.200. The van der Waals surface area contributed by atoms with E-state index in [2.05, 4.69) is 26.0 Å². The summed E-state index contributed by atoms with van der Waals surface area (Å²) in [6, 6.07) is 1.91. The van der Waals surface area contributed by atoms with Crippen molar-refractivity contribution in [1.29, 1.82) is 0 Å². The van der Waals surface area contributed by atoms with Gasteiger partial charge < -0.3 is 0 Å². The Morgan fingerprint density at radius 2 is 2.35 bits per heavy atom. The summed E-state index contributed by atoms with van der Waals surface area (Å²) in [6.45, 7) is 0. The summed E-state index contributed by atoms with van der Waals surface area (Å²) in [5.74, 6) is 0. The SMILES string of the molecule is Cn1cc(C2Sc3c(ccnc3Br)N2Cl)cn1. The van der Waals surface area contributed by atoms with Crippen LogP contribution >= 0.6 is 39.5 Å². The number of nitrogens with zero attached hydrogens (tertiary/aromatic N) is 4. The van der Waals surface area contributed by atoms with Crippen molar-refractivity contribution in [2.24, 2.45) is 7.05 Å². The first-order valence-corrected chi connectivity index (χ1v) is 6.92. The van der Waals surface area contributed by atoms with E-state index in [1.807, 2.05) is 25.5 Å². The van der Waals surface area contributed by atoms with Gasteiger partial charge in [0, 0.05) is 36.8 Å². The van der Waals surface area contributed by atoms with Gasteiger partial charge in [-0.25, -0.2) is 4.98 Å². The third-order valence-electron chi connectivity index (χ3n) is 2.52. The molecule has 1 aliphatic rings. The molecule has 0 radical (unpaired) electrons. The summed E-state index contributed by atoms with van der Waals surface area (Å²) >= 11 is 11.5. The second-order valence-electron chi connectivity index (χ2n) is 3.68. The number of fused-ring (bicyclic) bond motifs is 1. The Bertz CT molecular complexity index is 573. The van der Waals surface area contributed by atoms with Crippen molar-refractivity contribution in [3.63, 3.8) is 0 Å². The molecule has 0 amide bonds. The molecule has 88 valence electrons. The topological polar surface area (TPSA) is 34.0 Å². The molecule has 3 rings (SSSR count). The average Bonchev–Trinajstić information content (AvgIpc) is 2.85. The van der Waals surface area contributed by atoms with Crippen molar-refractivity contribution in [2.45, 2.75) is 10.3 Å². The number of hydrogen-bond donors (Lipinski definition) is 0. The molecule has 0 N–H and O–H groups in total. The molecule has 1 aliphatic heterocycles. The molecule has 2 aromatic heterocycles. The summed E-state index contributed by atoms with van der Waals surface area (Å²) in [5, 5.41) is 4.21. The van der Waals surface area contributed by atoms with Gasteiger partial charge in [0.1, 0.15) is 9.98 Å². The van der Waals surface area contributed by atoms with Crippen LogP contribution in [0.3, 0.4) is 0 Å². The largest absolute Gasteiger partial charge is 0.275 e. The highest BCUT2D eigenvalue weighted by atomic mass is 79.9. The maximum atomic E-state index is 6.35. The van der Waals surface area contributed by atoms with Crippen LogP contribution in [0.2, 0.25) is 0 Å². The van der Waals surface area contributed by atoms with Gasteiger partial charge in [-0.15, -0.1) is 0 Å². The molecular weight excluding hydrogens is 324 g/mol. The number of aryl methyl sites for hydroxylation is 1. The molecule has 0 saturated carbocycles. The third kappa shape index (κ3) is 1.84. The molecule has 4 nitrogen and oxygen atoms in total. The minimum atomic E-state index is 0.0425. The highest BCUT2D eigenvalue weighted by Crippen LogP contribution is 2.54. The molecule has 0 bridgehead atoms. The summed E-state index contributed by atoms with van der Waals surface area (Å²) in [6.07, 6.45) is 5.55. The van der Waals surface area contributed by atoms with E-state index in [9.17, 15) is 0 Å². The number of anilines is 1. The van der Waals surface area contributed by atoms with Gasteiger partial charge in [-0.2, -0.15) is 5.10 Å². The molecular formula is C10H8BrClN4S. The van der Waals surface area contributed by atoms with Gasteiger partial charge in [0.25, 0.3) is 0 Å². The molecule has 2 aromatic rings. The first kappa shape index (κ1) is 11.4. The number of hydrogen-bond acceptors (Lipinski definition) is 4. The van der Waals surface area contributed by atoms with Gasteiger partial charge in [0.2, 0.25) is 0 Å². The van der Waals surface area contributed by atoms with Crippen molar-refractivity contribution >= 4 is 45.2 Å². The summed E-state index contributed by atoms with van der Waals surface area (Å²) < 4.78 is 4.33. The van der Waals surface area contributed by atoms with Gasteiger partial charge in [0.15, 0.2) is 0 Å². The van der Waals surface area contributed by atoms with E-state index >= 15 is 0 Å². The Morgan fingerprint density at radius 1 is 1.53 bits per heavy atom. The van der Waals surface area contributed by atoms with E-state index in [4.69, 9.17) is 11.8 Å². The van der Waals surface area contributed by atoms with Crippen LogP contribution in [-0.4, -0.2) is 14.8 Å². The minimum absolute atomic E-state index is 0.0425. The Balaban J connectivity index is 2.01. The van der Waals surface area contributed by atoms with E-state index in [0.29, 0.717) is 0 Å². The number of halogens is 2. The highest BCUT2D eigenvalue weighted by Gasteiger charge is 2.33. The zero-order chi connectivity index (χ0) is 12.0. The van der Waals surface area contributed by atoms with Crippen molar-refractivity contribution < 1.29 is 0 Å². The lowest BCUT2D eigenvalue weighted by atomic mass is 10.3. The molecule has 7 heteroatoms. The average molecular weight is 332 g/mol. The van der Waals surface area contributed by atoms with Crippen LogP contribution in [0.1, 0.15) is 10.9 Å². The first-order valence-electron chi connectivity index (χ1n) is 4.91. The monoisotopic (exact) mass is 330 g/mol. The molecule has 0 aromatic carbocycles. The maximum Gasteiger partial charge on any atom is 0.124 e. The van der Waals surface area contributed by atoms with E-state index in [1.165, 1.54) is 0 Å². The van der Waals surface area contributed by atoms with Crippen LogP contribution in [0.15, 0.2) is 34.2 Å². The second-order valence-corrected chi connectivity index (χ2v) is 5.88. The van der Waals surface area contributed by atoms with Crippen LogP contribution in [0.5, 0.6) is 0 Å². The standard InChI is InChI=1S/C10H8BrClN4S/c1-15-5-6(4-14-15)10-16(12)7-2-3-13-9(11)8(7)17-10/h2-5,10H,1H3. The maximum absolute atomic E-state index is 6.35. The Labute approximate surface area is 116 Å². The van der Waals surface area contributed by atoms with Crippen LogP contribution in [0, 0.1) is 0 Å². The molecule has 3 heterocycles. The quantitative estimate of drug-likeness (QED) is 0.593. The predicted molar refractivity (Wildman–Crippen MR) is 72.1 cm³/mol. The lowest BCUT2D eigenvalue weighted by molar-refractivity contribution is 0.766. The highest BCUT2D eigenvalue weighted by molar-refractivity contribution is 9.10. The van der Waals surface area contributed by atoms with Crippen LogP contribution < -0.4 is 4.42 Å². The van der Waals surface area contributed by atoms with Crippen LogP contribution in [-0.2, 0) is 7.05 Å². The minimum Gasteiger partial charge on any atom is -0.275 e. The Morgan fingerprint density at radius 3 is 3.00 bits per heavy atom. The first-order chi connectivity index (χ1) is 8.16. The normalized spacial score (nSPS) is 18.5. The number of rotatable bonds is 1. The number of pyridine rings is 1. The molecule has 1 atom stereocenters. The van der Waals surface area contributed by atoms with Crippen molar-refractivity contribution in [3.05, 3.63) is 34.8 Å². The predicted octanol–water partition coefficient (Wildman–Crippen LogP) is 3.34. The zero-order valence-corrected chi connectivity index (χ0v) is 12.0. The van der Waals surface area contributed by atoms with Crippen LogP contribution in [0.4, 0.5) is 5.69 Å². The lowest BCUT2D eigenvalue weighted by Crippen LogP contribution is -2.09. The van der Waals surface area contributed by atoms with Gasteiger partial charge in [-0.05, 0) is 22.0 Å². The van der Waals surface area contributed by atoms with Crippen molar-refractivity contribution in [2.75, 3.05) is 4.42 Å². The smallest absolute Gasteiger partial charge is 0.124 e. The van der Waals surface area contributed by atoms with Crippen molar-refractivity contribution in [1.82, 2.24) is 14.8 Å².